The monoisotopic (exact) mass is 414 g/mol. The fraction of sp³-hybridized carbons (Fsp3) is 0.368. The number of benzene rings is 2. The predicted molar refractivity (Wildman–Crippen MR) is 98.1 cm³/mol. The van der Waals surface area contributed by atoms with Crippen molar-refractivity contribution in [1.82, 2.24) is 9.62 Å². The zero-order chi connectivity index (χ0) is 20.1. The molecule has 0 spiro atoms. The molecule has 0 amide bonds. The maximum atomic E-state index is 13.0. The molecule has 0 atom stereocenters. The molecule has 2 aromatic rings. The molecule has 1 fully saturated rings. The van der Waals surface area contributed by atoms with Crippen LogP contribution in [0.1, 0.15) is 18.4 Å². The number of nitrogens with zero attached hydrogens (tertiary/aromatic N) is 1. The lowest BCUT2D eigenvalue weighted by Crippen LogP contribution is -2.44. The van der Waals surface area contributed by atoms with Gasteiger partial charge in [0.25, 0.3) is 0 Å². The van der Waals surface area contributed by atoms with Gasteiger partial charge in [0.15, 0.2) is 0 Å². The fourth-order valence-corrected chi connectivity index (χ4v) is 4.65. The molecule has 2 aromatic carbocycles. The van der Waals surface area contributed by atoms with E-state index in [-0.39, 0.29) is 22.5 Å². The topological polar surface area (TPSA) is 58.6 Å². The molecule has 1 aliphatic heterocycles. The van der Waals surface area contributed by atoms with Gasteiger partial charge < -0.3 is 4.74 Å². The minimum Gasteiger partial charge on any atom is -0.433 e. The van der Waals surface area contributed by atoms with E-state index in [0.29, 0.717) is 32.5 Å². The average Bonchev–Trinajstić information content (AvgIpc) is 2.65. The van der Waals surface area contributed by atoms with Crippen LogP contribution >= 0.6 is 0 Å². The Hall–Kier alpha value is -2.10. The molecule has 28 heavy (non-hydrogen) atoms. The van der Waals surface area contributed by atoms with Crippen LogP contribution in [0.5, 0.6) is 5.75 Å². The average molecular weight is 414 g/mol. The van der Waals surface area contributed by atoms with Crippen molar-refractivity contribution in [3.05, 3.63) is 59.9 Å². The SMILES string of the molecule is O=S(=O)(NC1CCN(Cc2ccc(F)cc2)CC1)c1ccccc1OC(F)F. The van der Waals surface area contributed by atoms with Crippen LogP contribution in [-0.2, 0) is 16.6 Å². The lowest BCUT2D eigenvalue weighted by atomic mass is 10.1. The van der Waals surface area contributed by atoms with Crippen LogP contribution in [0, 0.1) is 5.82 Å². The van der Waals surface area contributed by atoms with Gasteiger partial charge in [-0.15, -0.1) is 0 Å². The van der Waals surface area contributed by atoms with E-state index >= 15 is 0 Å². The second kappa shape index (κ2) is 8.93. The number of hydrogen-bond donors (Lipinski definition) is 1. The van der Waals surface area contributed by atoms with Crippen molar-refractivity contribution in [3.63, 3.8) is 0 Å². The quantitative estimate of drug-likeness (QED) is 0.755. The molecule has 5 nitrogen and oxygen atoms in total. The standard InChI is InChI=1S/C19H21F3N2O3S/c20-15-7-5-14(6-8-15)13-24-11-9-16(10-12-24)23-28(25,26)18-4-2-1-3-17(18)27-19(21)22/h1-8,16,19,23H,9-13H2. The Balaban J connectivity index is 1.59. The van der Waals surface area contributed by atoms with Gasteiger partial charge >= 0.3 is 6.61 Å². The Morgan fingerprint density at radius 3 is 2.36 bits per heavy atom. The minimum absolute atomic E-state index is 0.284. The summed E-state index contributed by atoms with van der Waals surface area (Å²) in [6.07, 6.45) is 1.16. The Morgan fingerprint density at radius 1 is 1.07 bits per heavy atom. The van der Waals surface area contributed by atoms with E-state index in [2.05, 4.69) is 14.4 Å². The van der Waals surface area contributed by atoms with Crippen LogP contribution in [0.2, 0.25) is 0 Å². The van der Waals surface area contributed by atoms with E-state index in [4.69, 9.17) is 0 Å². The molecule has 0 unspecified atom stereocenters. The second-order valence-electron chi connectivity index (χ2n) is 6.62. The molecule has 1 aliphatic rings. The van der Waals surface area contributed by atoms with Gasteiger partial charge in [-0.2, -0.15) is 8.78 Å². The summed E-state index contributed by atoms with van der Waals surface area (Å²) < 4.78 is 70.2. The van der Waals surface area contributed by atoms with Gasteiger partial charge in [-0.25, -0.2) is 17.5 Å². The molecule has 0 saturated carbocycles. The van der Waals surface area contributed by atoms with Gasteiger partial charge in [0.05, 0.1) is 0 Å². The van der Waals surface area contributed by atoms with E-state index in [9.17, 15) is 21.6 Å². The van der Waals surface area contributed by atoms with Crippen molar-refractivity contribution < 1.29 is 26.3 Å². The van der Waals surface area contributed by atoms with E-state index in [1.165, 1.54) is 36.4 Å². The first-order valence-electron chi connectivity index (χ1n) is 8.86. The summed E-state index contributed by atoms with van der Waals surface area (Å²) in [5.41, 5.74) is 0.985. The minimum atomic E-state index is -3.99. The van der Waals surface area contributed by atoms with Crippen LogP contribution in [0.3, 0.4) is 0 Å². The molecule has 152 valence electrons. The maximum Gasteiger partial charge on any atom is 0.387 e. The van der Waals surface area contributed by atoms with Crippen LogP contribution in [0.25, 0.3) is 0 Å². The number of hydrogen-bond acceptors (Lipinski definition) is 4. The lowest BCUT2D eigenvalue weighted by Gasteiger charge is -2.32. The number of sulfonamides is 1. The van der Waals surface area contributed by atoms with Crippen molar-refractivity contribution in [2.24, 2.45) is 0 Å². The predicted octanol–water partition coefficient (Wildman–Crippen LogP) is 3.37. The maximum absolute atomic E-state index is 13.0. The number of nitrogens with one attached hydrogen (secondary N) is 1. The third-order valence-electron chi connectivity index (χ3n) is 4.58. The summed E-state index contributed by atoms with van der Waals surface area (Å²) in [4.78, 5) is 1.86. The largest absolute Gasteiger partial charge is 0.433 e. The molecular weight excluding hydrogens is 393 g/mol. The van der Waals surface area contributed by atoms with Crippen LogP contribution in [-0.4, -0.2) is 39.1 Å². The number of likely N-dealkylation sites (tertiary alicyclic amines) is 1. The summed E-state index contributed by atoms with van der Waals surface area (Å²) >= 11 is 0. The molecule has 0 radical (unpaired) electrons. The number of piperidine rings is 1. The highest BCUT2D eigenvalue weighted by atomic mass is 32.2. The molecule has 0 bridgehead atoms. The molecule has 1 N–H and O–H groups in total. The first kappa shape index (κ1) is 20.6. The van der Waals surface area contributed by atoms with Gasteiger partial charge in [0.2, 0.25) is 10.0 Å². The molecule has 1 saturated heterocycles. The van der Waals surface area contributed by atoms with Gasteiger partial charge in [0.1, 0.15) is 16.5 Å². The van der Waals surface area contributed by atoms with E-state index in [1.54, 1.807) is 12.1 Å². The van der Waals surface area contributed by atoms with Crippen molar-refractivity contribution in [2.45, 2.75) is 36.9 Å². The number of ether oxygens (including phenoxy) is 1. The molecular formula is C19H21F3N2O3S. The number of rotatable bonds is 7. The Kier molecular flexibility index (Phi) is 6.58. The van der Waals surface area contributed by atoms with Gasteiger partial charge in [-0.05, 0) is 42.7 Å². The fourth-order valence-electron chi connectivity index (χ4n) is 3.21. The lowest BCUT2D eigenvalue weighted by molar-refractivity contribution is -0.0517. The molecule has 0 aliphatic carbocycles. The second-order valence-corrected chi connectivity index (χ2v) is 8.31. The third-order valence-corrected chi connectivity index (χ3v) is 6.14. The van der Waals surface area contributed by atoms with Crippen molar-refractivity contribution in [2.75, 3.05) is 13.1 Å². The van der Waals surface area contributed by atoms with Crippen molar-refractivity contribution in [3.8, 4) is 5.75 Å². The van der Waals surface area contributed by atoms with E-state index < -0.39 is 16.6 Å². The summed E-state index contributed by atoms with van der Waals surface area (Å²) in [6.45, 7) is -1.12. The summed E-state index contributed by atoms with van der Waals surface area (Å²) in [5, 5.41) is 0. The third kappa shape index (κ3) is 5.46. The highest BCUT2D eigenvalue weighted by molar-refractivity contribution is 7.89. The zero-order valence-electron chi connectivity index (χ0n) is 15.0. The van der Waals surface area contributed by atoms with Crippen molar-refractivity contribution in [1.29, 1.82) is 0 Å². The van der Waals surface area contributed by atoms with Crippen LogP contribution in [0.15, 0.2) is 53.4 Å². The Bertz CT molecular complexity index is 884. The summed E-state index contributed by atoms with van der Waals surface area (Å²) in [5.74, 6) is -0.660. The number of alkyl halides is 2. The molecule has 0 aromatic heterocycles. The smallest absolute Gasteiger partial charge is 0.387 e. The first-order valence-corrected chi connectivity index (χ1v) is 10.3. The molecule has 1 heterocycles. The van der Waals surface area contributed by atoms with Gasteiger partial charge in [-0.1, -0.05) is 24.3 Å². The van der Waals surface area contributed by atoms with E-state index in [0.717, 1.165) is 5.56 Å². The highest BCUT2D eigenvalue weighted by Gasteiger charge is 2.27. The van der Waals surface area contributed by atoms with Crippen LogP contribution < -0.4 is 9.46 Å². The Labute approximate surface area is 162 Å². The highest BCUT2D eigenvalue weighted by Crippen LogP contribution is 2.26. The normalized spacial score (nSPS) is 16.4. The summed E-state index contributed by atoms with van der Waals surface area (Å²) in [6, 6.07) is 11.3. The summed E-state index contributed by atoms with van der Waals surface area (Å²) in [7, 11) is -3.99. The number of halogens is 3. The zero-order valence-corrected chi connectivity index (χ0v) is 15.8. The van der Waals surface area contributed by atoms with Gasteiger partial charge in [0, 0.05) is 25.7 Å². The van der Waals surface area contributed by atoms with Crippen molar-refractivity contribution >= 4 is 10.0 Å². The van der Waals surface area contributed by atoms with Crippen LogP contribution in [0.4, 0.5) is 13.2 Å². The van der Waals surface area contributed by atoms with Gasteiger partial charge in [-0.3, -0.25) is 4.90 Å². The Morgan fingerprint density at radius 2 is 1.71 bits per heavy atom. The number of para-hydroxylation sites is 1. The van der Waals surface area contributed by atoms with E-state index in [1.807, 2.05) is 0 Å². The molecule has 9 heteroatoms. The first-order chi connectivity index (χ1) is 13.3. The molecule has 3 rings (SSSR count).